The second-order valence-corrected chi connectivity index (χ2v) is 15.1. The topological polar surface area (TPSA) is 114 Å². The highest BCUT2D eigenvalue weighted by Gasteiger charge is 2.71. The van der Waals surface area contributed by atoms with Gasteiger partial charge >= 0.3 is 5.97 Å². The lowest BCUT2D eigenvalue weighted by Gasteiger charge is -2.60. The van der Waals surface area contributed by atoms with E-state index in [1.807, 2.05) is 17.8 Å². The van der Waals surface area contributed by atoms with Gasteiger partial charge in [-0.15, -0.1) is 0 Å². The number of aliphatic hydroxyl groups is 1. The number of halogens is 1. The van der Waals surface area contributed by atoms with Crippen molar-refractivity contribution in [3.05, 3.63) is 53.1 Å². The molecular formula is C35H40FN3O5S. The molecule has 2 heterocycles. The number of thioether (sulfide) groups is 1. The van der Waals surface area contributed by atoms with Crippen molar-refractivity contribution >= 4 is 28.9 Å². The van der Waals surface area contributed by atoms with Crippen molar-refractivity contribution in [2.75, 3.05) is 19.0 Å². The summed E-state index contributed by atoms with van der Waals surface area (Å²) in [5.41, 5.74) is 1.73. The van der Waals surface area contributed by atoms with Crippen molar-refractivity contribution in [2.24, 2.45) is 34.5 Å². The van der Waals surface area contributed by atoms with Gasteiger partial charge < -0.3 is 14.6 Å². The smallest absolute Gasteiger partial charge is 0.312 e. The highest BCUT2D eigenvalue weighted by molar-refractivity contribution is 8.14. The van der Waals surface area contributed by atoms with Crippen molar-refractivity contribution in [3.8, 4) is 11.8 Å². The highest BCUT2D eigenvalue weighted by atomic mass is 32.2. The van der Waals surface area contributed by atoms with Crippen molar-refractivity contribution < 1.29 is 28.6 Å². The van der Waals surface area contributed by atoms with Gasteiger partial charge in [-0.1, -0.05) is 31.2 Å². The number of hydrogen-bond donors (Lipinski definition) is 1. The Kier molecular flexibility index (Phi) is 7.73. The molecule has 1 aromatic carbocycles. The van der Waals surface area contributed by atoms with Crippen LogP contribution in [0.2, 0.25) is 0 Å². The third kappa shape index (κ3) is 4.72. The summed E-state index contributed by atoms with van der Waals surface area (Å²) in [6.07, 6.45) is 8.75. The Morgan fingerprint density at radius 1 is 1.24 bits per heavy atom. The summed E-state index contributed by atoms with van der Waals surface area (Å²) in [6, 6.07) is 8.40. The number of nitrogens with zero attached hydrogens (tertiary/aromatic N) is 3. The van der Waals surface area contributed by atoms with E-state index in [1.165, 1.54) is 17.7 Å². The Balaban J connectivity index is 1.21. The fourth-order valence-electron chi connectivity index (χ4n) is 9.90. The van der Waals surface area contributed by atoms with Gasteiger partial charge in [-0.2, -0.15) is 10.4 Å². The van der Waals surface area contributed by atoms with Gasteiger partial charge in [-0.3, -0.25) is 9.59 Å². The maximum atomic E-state index is 14.0. The summed E-state index contributed by atoms with van der Waals surface area (Å²) >= 11 is 0.928. The first-order chi connectivity index (χ1) is 21.6. The largest absolute Gasteiger partial charge is 0.449 e. The van der Waals surface area contributed by atoms with Gasteiger partial charge in [-0.05, 0) is 110 Å². The first-order valence-corrected chi connectivity index (χ1v) is 17.2. The maximum Gasteiger partial charge on any atom is 0.312 e. The van der Waals surface area contributed by atoms with Crippen molar-refractivity contribution in [3.63, 3.8) is 0 Å². The Morgan fingerprint density at radius 2 is 2.04 bits per heavy atom. The minimum Gasteiger partial charge on any atom is -0.449 e. The van der Waals surface area contributed by atoms with E-state index in [0.29, 0.717) is 25.9 Å². The molecular weight excluding hydrogens is 593 g/mol. The van der Waals surface area contributed by atoms with Gasteiger partial charge in [-0.25, -0.2) is 9.07 Å². The van der Waals surface area contributed by atoms with Gasteiger partial charge in [0.15, 0.2) is 5.60 Å². The number of nitriles is 1. The molecule has 45 heavy (non-hydrogen) atoms. The molecule has 8 atom stereocenters. The van der Waals surface area contributed by atoms with Crippen LogP contribution >= 0.6 is 11.8 Å². The van der Waals surface area contributed by atoms with Crippen LogP contribution in [0.25, 0.3) is 11.8 Å². The molecule has 10 heteroatoms. The van der Waals surface area contributed by atoms with Crippen LogP contribution in [0.3, 0.4) is 0 Å². The summed E-state index contributed by atoms with van der Waals surface area (Å²) in [5, 5.41) is 25.8. The van der Waals surface area contributed by atoms with Gasteiger partial charge in [0.2, 0.25) is 5.12 Å². The molecule has 7 rings (SSSR count). The van der Waals surface area contributed by atoms with Crippen LogP contribution in [0.5, 0.6) is 0 Å². The van der Waals surface area contributed by atoms with Crippen LogP contribution in [0.4, 0.5) is 4.39 Å². The van der Waals surface area contributed by atoms with Crippen LogP contribution < -0.4 is 0 Å². The summed E-state index contributed by atoms with van der Waals surface area (Å²) in [6.45, 7) is 5.21. The fourth-order valence-corrected chi connectivity index (χ4v) is 10.7. The number of allylic oxidation sites excluding steroid dienone is 1. The van der Waals surface area contributed by atoms with E-state index < -0.39 is 29.0 Å². The Morgan fingerprint density at radius 3 is 2.78 bits per heavy atom. The monoisotopic (exact) mass is 633 g/mol. The molecule has 1 N–H and O–H groups in total. The molecule has 238 valence electrons. The normalized spacial score (nSPS) is 36.9. The first-order valence-electron chi connectivity index (χ1n) is 16.2. The molecule has 4 fully saturated rings. The van der Waals surface area contributed by atoms with Crippen LogP contribution in [0.15, 0.2) is 36.0 Å². The Hall–Kier alpha value is -3.00. The van der Waals surface area contributed by atoms with E-state index in [1.54, 1.807) is 12.1 Å². The maximum absolute atomic E-state index is 14.0. The van der Waals surface area contributed by atoms with E-state index in [9.17, 15) is 24.3 Å². The zero-order chi connectivity index (χ0) is 31.6. The van der Waals surface area contributed by atoms with Crippen LogP contribution in [0.1, 0.15) is 70.1 Å². The SMILES string of the molecule is CC12Cc3cnn(-c4ccc(F)cc4)c3C=C1CCC1[C@@H]2C(O)CC2(C)[C@H]1CCC2(OC(=O)C1CCCOC1)C(=O)SCC#N. The second kappa shape index (κ2) is 11.4. The number of esters is 1. The summed E-state index contributed by atoms with van der Waals surface area (Å²) in [4.78, 5) is 27.6. The summed E-state index contributed by atoms with van der Waals surface area (Å²) in [5.74, 6) is -0.934. The Labute approximate surface area is 267 Å². The van der Waals surface area contributed by atoms with Gasteiger partial charge in [0.1, 0.15) is 5.82 Å². The molecule has 0 bridgehead atoms. The minimum absolute atomic E-state index is 0.0137. The van der Waals surface area contributed by atoms with Gasteiger partial charge in [0.05, 0.1) is 48.0 Å². The second-order valence-electron chi connectivity index (χ2n) is 14.2. The number of aliphatic hydroxyl groups excluding tert-OH is 1. The predicted molar refractivity (Wildman–Crippen MR) is 166 cm³/mol. The highest BCUT2D eigenvalue weighted by Crippen LogP contribution is 2.69. The van der Waals surface area contributed by atoms with Crippen molar-refractivity contribution in [2.45, 2.75) is 76.9 Å². The van der Waals surface area contributed by atoms with E-state index in [-0.39, 0.29) is 46.5 Å². The number of hydrogen-bond acceptors (Lipinski definition) is 8. The molecule has 0 radical (unpaired) electrons. The summed E-state index contributed by atoms with van der Waals surface area (Å²) in [7, 11) is 0. The third-order valence-corrected chi connectivity index (χ3v) is 12.8. The molecule has 5 aliphatic rings. The molecule has 4 aliphatic carbocycles. The Bertz CT molecular complexity index is 1580. The number of ether oxygens (including phenoxy) is 2. The van der Waals surface area contributed by atoms with E-state index in [2.05, 4.69) is 24.2 Å². The molecule has 1 aliphatic heterocycles. The lowest BCUT2D eigenvalue weighted by molar-refractivity contribution is -0.201. The zero-order valence-electron chi connectivity index (χ0n) is 25.8. The van der Waals surface area contributed by atoms with E-state index in [0.717, 1.165) is 60.8 Å². The zero-order valence-corrected chi connectivity index (χ0v) is 26.7. The molecule has 0 amide bonds. The number of fused-ring (bicyclic) bond motifs is 6. The van der Waals surface area contributed by atoms with Crippen molar-refractivity contribution in [1.82, 2.24) is 9.78 Å². The first kappa shape index (κ1) is 30.6. The number of carbonyl (C=O) groups excluding carboxylic acids is 2. The van der Waals surface area contributed by atoms with E-state index in [4.69, 9.17) is 9.47 Å². The fraction of sp³-hybridized carbons (Fsp3) is 0.600. The quantitative estimate of drug-likeness (QED) is 0.420. The minimum atomic E-state index is -1.40. The number of rotatable bonds is 5. The molecule has 8 nitrogen and oxygen atoms in total. The van der Waals surface area contributed by atoms with Crippen LogP contribution in [-0.4, -0.2) is 56.6 Å². The lowest BCUT2D eigenvalue weighted by Crippen LogP contribution is -2.62. The number of benzene rings is 1. The average molecular weight is 634 g/mol. The summed E-state index contributed by atoms with van der Waals surface area (Å²) < 4.78 is 27.4. The molecule has 2 aromatic rings. The van der Waals surface area contributed by atoms with Gasteiger partial charge in [0, 0.05) is 12.0 Å². The average Bonchev–Trinajstić information content (AvgIpc) is 3.56. The number of aromatic nitrogens is 2. The molecule has 0 spiro atoms. The van der Waals surface area contributed by atoms with Crippen molar-refractivity contribution in [1.29, 1.82) is 5.26 Å². The molecule has 1 saturated heterocycles. The molecule has 6 unspecified atom stereocenters. The molecule has 3 saturated carbocycles. The molecule has 1 aromatic heterocycles. The van der Waals surface area contributed by atoms with E-state index >= 15 is 0 Å². The predicted octanol–water partition coefficient (Wildman–Crippen LogP) is 5.66. The third-order valence-electron chi connectivity index (χ3n) is 12.0. The van der Waals surface area contributed by atoms with Gasteiger partial charge in [0.25, 0.3) is 0 Å². The lowest BCUT2D eigenvalue weighted by atomic mass is 9.45. The standard InChI is InChI=1S/C35H40FN3O5S/c1-33-17-22-19-38-39(25-8-6-24(36)7-9-25)28(22)16-23(33)5-10-26-27-11-12-35(32(42)45-15-13-37,34(27,2)18-29(40)30(26)33)44-31(41)21-4-3-14-43-20-21/h6-9,16,19,21,26-27,29-30,40H,3-5,10-12,14-15,17-18,20H2,1-2H3/t21?,26?,27-,29?,30+,33?,34?,35?/m0/s1. The van der Waals surface area contributed by atoms with Crippen LogP contribution in [-0.2, 0) is 25.5 Å². The number of carbonyl (C=O) groups is 2. The van der Waals surface area contributed by atoms with Crippen LogP contribution in [0, 0.1) is 51.6 Å².